The summed E-state index contributed by atoms with van der Waals surface area (Å²) in [5, 5.41) is 0. The van der Waals surface area contributed by atoms with Gasteiger partial charge >= 0.3 is 77.5 Å². The Morgan fingerprint density at radius 3 is 0.778 bits per heavy atom. The van der Waals surface area contributed by atoms with Gasteiger partial charge in [-0.1, -0.05) is 6.92 Å². The lowest BCUT2D eigenvalue weighted by atomic mass is 9.80. The van der Waals surface area contributed by atoms with Crippen LogP contribution < -0.4 is 0 Å². The first-order valence-electron chi connectivity index (χ1n) is 10.2. The molecule has 0 rings (SSSR count). The molecule has 0 aliphatic carbocycles. The summed E-state index contributed by atoms with van der Waals surface area (Å²) >= 11 is 0. The average Bonchev–Trinajstić information content (AvgIpc) is 2.79. The smallest absolute Gasteiger partial charge is 0.200 e. The lowest BCUT2D eigenvalue weighted by Gasteiger charge is -2.44. The molecule has 0 aromatic carbocycles. The minimum absolute atomic E-state index is 0.367. The van der Waals surface area contributed by atoms with Gasteiger partial charge < -0.3 is 0 Å². The van der Waals surface area contributed by atoms with Crippen molar-refractivity contribution in [2.24, 2.45) is 5.92 Å². The van der Waals surface area contributed by atoms with Crippen molar-refractivity contribution < 1.29 is 123 Å². The first-order valence-corrected chi connectivity index (χ1v) is 10.2. The van der Waals surface area contributed by atoms with Gasteiger partial charge in [0, 0.05) is 12.3 Å². The number of hydrogen-bond acceptors (Lipinski definition) is 0. The van der Waals surface area contributed by atoms with E-state index in [4.69, 9.17) is 0 Å². The Balaban J connectivity index is 7.10. The van der Waals surface area contributed by atoms with Crippen molar-refractivity contribution in [1.82, 2.24) is 0 Å². The lowest BCUT2D eigenvalue weighted by Crippen LogP contribution is -2.73. The van der Waals surface area contributed by atoms with Gasteiger partial charge in [-0.2, -0.15) is 123 Å². The van der Waals surface area contributed by atoms with Gasteiger partial charge in [0.05, 0.1) is 0 Å². The van der Waals surface area contributed by atoms with Gasteiger partial charge in [0.1, 0.15) is 0 Å². The van der Waals surface area contributed by atoms with Crippen molar-refractivity contribution in [1.29, 1.82) is 0 Å². The van der Waals surface area contributed by atoms with E-state index in [-0.39, 0.29) is 6.92 Å². The Bertz CT molecular complexity index is 1040. The molecule has 1 atom stereocenters. The van der Waals surface area contributed by atoms with Gasteiger partial charge in [0.2, 0.25) is 0 Å². The summed E-state index contributed by atoms with van der Waals surface area (Å²) in [6, 6.07) is 0. The van der Waals surface area contributed by atoms with Gasteiger partial charge in [0.25, 0.3) is 0 Å². The van der Waals surface area contributed by atoms with Crippen molar-refractivity contribution >= 4 is 0 Å². The Labute approximate surface area is 227 Å². The highest BCUT2D eigenvalue weighted by Gasteiger charge is 2.94. The molecular weight excluding hydrogens is 736 g/mol. The molecule has 0 fully saturated rings. The van der Waals surface area contributed by atoms with E-state index in [1.807, 2.05) is 0 Å². The van der Waals surface area contributed by atoms with Crippen molar-refractivity contribution in [2.75, 3.05) is 0 Å². The second-order valence-corrected chi connectivity index (χ2v) is 8.80. The second kappa shape index (κ2) is 10.8. The van der Waals surface area contributed by atoms with Crippen LogP contribution in [0.4, 0.5) is 123 Å². The summed E-state index contributed by atoms with van der Waals surface area (Å²) in [6.07, 6.45) is -23.3. The van der Waals surface area contributed by atoms with Gasteiger partial charge in [-0.25, -0.2) is 0 Å². The third-order valence-corrected chi connectivity index (χ3v) is 5.86. The van der Waals surface area contributed by atoms with Crippen LogP contribution in [0.5, 0.6) is 0 Å². The molecule has 0 amide bonds. The van der Waals surface area contributed by atoms with Crippen molar-refractivity contribution in [3.8, 4) is 0 Å². The van der Waals surface area contributed by atoms with Crippen molar-refractivity contribution in [3.63, 3.8) is 0 Å². The molecule has 0 radical (unpaired) electrons. The standard InChI is InChI=1S/C17H8F28/c1-2-4(6(20,21)8(24,25)10(28,29)12(32,33)14(36,37)16(40,41)42)3-5(18,19)7(22,23)9(26,27)11(30,31)13(34,35)15(38,39)17(43,44)45/h4H,2-3H2,1H3. The fourth-order valence-corrected chi connectivity index (χ4v) is 3.00. The highest BCUT2D eigenvalue weighted by Crippen LogP contribution is 2.65. The molecule has 0 nitrogen and oxygen atoms in total. The molecule has 0 saturated carbocycles. The normalized spacial score (nSPS) is 17.5. The number of hydrogen-bond donors (Lipinski definition) is 0. The highest BCUT2D eigenvalue weighted by molar-refractivity contribution is 5.15. The van der Waals surface area contributed by atoms with E-state index in [0.717, 1.165) is 0 Å². The zero-order valence-electron chi connectivity index (χ0n) is 20.1. The molecule has 0 N–H and O–H groups in total. The maximum atomic E-state index is 14.2. The molecular formula is C17H8F28. The molecule has 1 unspecified atom stereocenters. The predicted molar refractivity (Wildman–Crippen MR) is 84.9 cm³/mol. The van der Waals surface area contributed by atoms with Crippen LogP contribution in [0.2, 0.25) is 0 Å². The van der Waals surface area contributed by atoms with Crippen LogP contribution in [0, 0.1) is 5.92 Å². The average molecular weight is 744 g/mol. The van der Waals surface area contributed by atoms with Crippen LogP contribution in [-0.2, 0) is 0 Å². The Hall–Kier alpha value is -1.96. The summed E-state index contributed by atoms with van der Waals surface area (Å²) in [5.74, 6) is -99.3. The van der Waals surface area contributed by atoms with Gasteiger partial charge in [-0.15, -0.1) is 0 Å². The fraction of sp³-hybridized carbons (Fsp3) is 1.00. The van der Waals surface area contributed by atoms with E-state index in [1.165, 1.54) is 0 Å². The minimum Gasteiger partial charge on any atom is -0.200 e. The monoisotopic (exact) mass is 744 g/mol. The molecule has 0 aromatic heterocycles. The van der Waals surface area contributed by atoms with Crippen LogP contribution in [-0.4, -0.2) is 77.5 Å². The molecule has 28 heteroatoms. The summed E-state index contributed by atoms with van der Waals surface area (Å²) in [7, 11) is 0. The lowest BCUT2D eigenvalue weighted by molar-refractivity contribution is -0.455. The van der Waals surface area contributed by atoms with Crippen LogP contribution in [0.3, 0.4) is 0 Å². The Kier molecular flexibility index (Phi) is 10.3. The van der Waals surface area contributed by atoms with E-state index in [2.05, 4.69) is 0 Å². The van der Waals surface area contributed by atoms with E-state index in [9.17, 15) is 123 Å². The Morgan fingerprint density at radius 2 is 0.533 bits per heavy atom. The number of rotatable bonds is 13. The molecule has 0 saturated heterocycles. The molecule has 272 valence electrons. The second-order valence-electron chi connectivity index (χ2n) is 8.80. The summed E-state index contributed by atoms with van der Waals surface area (Å²) < 4.78 is 370. The number of alkyl halides is 28. The van der Waals surface area contributed by atoms with E-state index < -0.39 is 96.3 Å². The van der Waals surface area contributed by atoms with Gasteiger partial charge in [-0.3, -0.25) is 0 Å². The van der Waals surface area contributed by atoms with Crippen LogP contribution >= 0.6 is 0 Å². The van der Waals surface area contributed by atoms with Crippen LogP contribution in [0.15, 0.2) is 0 Å². The van der Waals surface area contributed by atoms with E-state index in [1.54, 1.807) is 0 Å². The molecule has 0 aliphatic rings. The van der Waals surface area contributed by atoms with Crippen molar-refractivity contribution in [3.05, 3.63) is 0 Å². The zero-order chi connectivity index (χ0) is 37.5. The number of halogens is 28. The molecule has 0 aliphatic heterocycles. The predicted octanol–water partition coefficient (Wildman–Crippen LogP) is 10.5. The topological polar surface area (TPSA) is 0 Å². The summed E-state index contributed by atoms with van der Waals surface area (Å²) in [5.41, 5.74) is 0. The molecule has 0 bridgehead atoms. The third kappa shape index (κ3) is 5.57. The minimum atomic E-state index is -9.03. The van der Waals surface area contributed by atoms with Gasteiger partial charge in [-0.05, 0) is 6.42 Å². The SMILES string of the molecule is CCC(CC(F)(F)C(F)(F)C(F)(F)C(F)(F)C(F)(F)C(F)(F)C(F)(F)F)C(F)(F)C(F)(F)C(F)(F)C(F)(F)C(F)(F)C(F)(F)F. The molecule has 0 spiro atoms. The first kappa shape index (κ1) is 43.0. The molecule has 0 heterocycles. The van der Waals surface area contributed by atoms with Crippen molar-refractivity contribution in [2.45, 2.75) is 97.3 Å². The fourth-order valence-electron chi connectivity index (χ4n) is 3.00. The summed E-state index contributed by atoms with van der Waals surface area (Å²) in [4.78, 5) is 0. The van der Waals surface area contributed by atoms with E-state index >= 15 is 0 Å². The zero-order valence-corrected chi connectivity index (χ0v) is 20.1. The molecule has 0 aromatic rings. The maximum Gasteiger partial charge on any atom is 0.460 e. The van der Waals surface area contributed by atoms with Crippen LogP contribution in [0.1, 0.15) is 19.8 Å². The third-order valence-electron chi connectivity index (χ3n) is 5.86. The van der Waals surface area contributed by atoms with Gasteiger partial charge in [0.15, 0.2) is 0 Å². The highest BCUT2D eigenvalue weighted by atomic mass is 19.4. The molecule has 45 heavy (non-hydrogen) atoms. The quantitative estimate of drug-likeness (QED) is 0.165. The van der Waals surface area contributed by atoms with E-state index in [0.29, 0.717) is 0 Å². The Morgan fingerprint density at radius 1 is 0.311 bits per heavy atom. The first-order chi connectivity index (χ1) is 18.9. The van der Waals surface area contributed by atoms with Crippen LogP contribution in [0.25, 0.3) is 0 Å². The maximum absolute atomic E-state index is 14.2. The summed E-state index contributed by atoms with van der Waals surface area (Å²) in [6.45, 7) is -0.367. The largest absolute Gasteiger partial charge is 0.460 e.